The van der Waals surface area contributed by atoms with E-state index >= 15 is 0 Å². The Morgan fingerprint density at radius 1 is 1.24 bits per heavy atom. The van der Waals surface area contributed by atoms with Crippen LogP contribution in [0.25, 0.3) is 0 Å². The number of amides is 1. The van der Waals surface area contributed by atoms with Gasteiger partial charge in [-0.1, -0.05) is 30.3 Å². The highest BCUT2D eigenvalue weighted by atomic mass is 16.6. The van der Waals surface area contributed by atoms with Crippen LogP contribution in [0, 0.1) is 10.1 Å². The van der Waals surface area contributed by atoms with Crippen LogP contribution in [-0.2, 0) is 6.54 Å². The van der Waals surface area contributed by atoms with Crippen molar-refractivity contribution in [1.29, 1.82) is 0 Å². The molecule has 1 amide bonds. The van der Waals surface area contributed by atoms with Gasteiger partial charge in [0.05, 0.1) is 6.07 Å². The number of hydrogen-bond donors (Lipinski definition) is 0. The second-order valence-corrected chi connectivity index (χ2v) is 5.04. The molecule has 6 heteroatoms. The van der Waals surface area contributed by atoms with Gasteiger partial charge in [-0.3, -0.25) is 14.9 Å². The van der Waals surface area contributed by atoms with Gasteiger partial charge >= 0.3 is 5.88 Å². The van der Waals surface area contributed by atoms with Gasteiger partial charge < -0.3 is 9.32 Å². The Morgan fingerprint density at radius 3 is 2.52 bits per heavy atom. The molecular weight excluding hydrogens is 272 g/mol. The fraction of sp³-hybridized carbons (Fsp3) is 0.267. The first-order chi connectivity index (χ1) is 10.1. The summed E-state index contributed by atoms with van der Waals surface area (Å²) in [5, 5.41) is 10.6. The van der Waals surface area contributed by atoms with Crippen LogP contribution < -0.4 is 0 Å². The van der Waals surface area contributed by atoms with Gasteiger partial charge in [-0.25, -0.2) is 0 Å². The van der Waals surface area contributed by atoms with Gasteiger partial charge in [0.2, 0.25) is 0 Å². The summed E-state index contributed by atoms with van der Waals surface area (Å²) >= 11 is 0. The van der Waals surface area contributed by atoms with Crippen LogP contribution in [0.2, 0.25) is 0 Å². The Balaban J connectivity index is 1.80. The van der Waals surface area contributed by atoms with Gasteiger partial charge in [0.25, 0.3) is 5.91 Å². The lowest BCUT2D eigenvalue weighted by Crippen LogP contribution is -2.32. The zero-order chi connectivity index (χ0) is 14.8. The zero-order valence-corrected chi connectivity index (χ0v) is 11.3. The smallest absolute Gasteiger partial charge is 0.395 e. The van der Waals surface area contributed by atoms with E-state index < -0.39 is 10.8 Å². The van der Waals surface area contributed by atoms with Gasteiger partial charge in [0.15, 0.2) is 5.76 Å². The van der Waals surface area contributed by atoms with Crippen molar-refractivity contribution in [3.05, 3.63) is 63.9 Å². The maximum atomic E-state index is 12.5. The predicted octanol–water partition coefficient (Wildman–Crippen LogP) is 2.99. The molecule has 0 bridgehead atoms. The fourth-order valence-electron chi connectivity index (χ4n) is 2.22. The van der Waals surface area contributed by atoms with Crippen LogP contribution in [0.3, 0.4) is 0 Å². The molecule has 0 aliphatic heterocycles. The lowest BCUT2D eigenvalue weighted by Gasteiger charge is -2.21. The number of nitro groups is 1. The SMILES string of the molecule is O=C(c1ccc([N+](=O)[O-])o1)N(Cc1ccccc1)C1CC1. The molecule has 0 radical (unpaired) electrons. The number of rotatable bonds is 5. The normalized spacial score (nSPS) is 13.9. The first-order valence-electron chi connectivity index (χ1n) is 6.74. The summed E-state index contributed by atoms with van der Waals surface area (Å²) in [5.74, 6) is -0.687. The van der Waals surface area contributed by atoms with Crippen LogP contribution in [0.5, 0.6) is 0 Å². The molecule has 1 saturated carbocycles. The van der Waals surface area contributed by atoms with Crippen molar-refractivity contribution < 1.29 is 14.1 Å². The Morgan fingerprint density at radius 2 is 1.95 bits per heavy atom. The molecule has 1 aromatic carbocycles. The molecule has 0 N–H and O–H groups in total. The van der Waals surface area contributed by atoms with Gasteiger partial charge in [-0.2, -0.15) is 0 Å². The summed E-state index contributed by atoms with van der Waals surface area (Å²) in [5.41, 5.74) is 1.03. The molecular formula is C15H14N2O4. The summed E-state index contributed by atoms with van der Waals surface area (Å²) in [7, 11) is 0. The Kier molecular flexibility index (Phi) is 3.43. The molecule has 0 spiro atoms. The maximum absolute atomic E-state index is 12.5. The molecule has 0 unspecified atom stereocenters. The summed E-state index contributed by atoms with van der Waals surface area (Å²) in [6.07, 6.45) is 1.92. The van der Waals surface area contributed by atoms with Crippen molar-refractivity contribution in [2.45, 2.75) is 25.4 Å². The average molecular weight is 286 g/mol. The van der Waals surface area contributed by atoms with Gasteiger partial charge in [0.1, 0.15) is 4.92 Å². The van der Waals surface area contributed by atoms with Crippen LogP contribution in [0.4, 0.5) is 5.88 Å². The Labute approximate surface area is 121 Å². The molecule has 2 aromatic rings. The Hall–Kier alpha value is -2.63. The van der Waals surface area contributed by atoms with E-state index in [4.69, 9.17) is 4.42 Å². The van der Waals surface area contributed by atoms with Crippen LogP contribution >= 0.6 is 0 Å². The highest BCUT2D eigenvalue weighted by molar-refractivity contribution is 5.92. The van der Waals surface area contributed by atoms with Crippen molar-refractivity contribution in [3.63, 3.8) is 0 Å². The lowest BCUT2D eigenvalue weighted by molar-refractivity contribution is -0.402. The van der Waals surface area contributed by atoms with E-state index in [-0.39, 0.29) is 17.7 Å². The third-order valence-electron chi connectivity index (χ3n) is 3.43. The number of furan rings is 1. The highest BCUT2D eigenvalue weighted by Crippen LogP contribution is 2.30. The van der Waals surface area contributed by atoms with Gasteiger partial charge in [-0.05, 0) is 24.5 Å². The largest absolute Gasteiger partial charge is 0.433 e. The standard InChI is InChI=1S/C15H14N2O4/c18-15(13-8-9-14(21-13)17(19)20)16(12-6-7-12)10-11-4-2-1-3-5-11/h1-5,8-9,12H,6-7,10H2. The molecule has 0 saturated heterocycles. The number of carbonyl (C=O) groups excluding carboxylic acids is 1. The summed E-state index contributed by atoms with van der Waals surface area (Å²) < 4.78 is 5.01. The summed E-state index contributed by atoms with van der Waals surface area (Å²) in [6.45, 7) is 0.485. The minimum absolute atomic E-state index is 0.0181. The van der Waals surface area contributed by atoms with E-state index in [1.165, 1.54) is 12.1 Å². The predicted molar refractivity (Wildman–Crippen MR) is 74.7 cm³/mol. The number of hydrogen-bond acceptors (Lipinski definition) is 4. The van der Waals surface area contributed by atoms with E-state index in [0.29, 0.717) is 6.54 Å². The van der Waals surface area contributed by atoms with Crippen molar-refractivity contribution >= 4 is 11.8 Å². The average Bonchev–Trinajstić information content (AvgIpc) is 3.20. The van der Waals surface area contributed by atoms with Crippen molar-refractivity contribution in [2.24, 2.45) is 0 Å². The minimum Gasteiger partial charge on any atom is -0.395 e. The molecule has 0 atom stereocenters. The molecule has 1 heterocycles. The van der Waals surface area contributed by atoms with Gasteiger partial charge in [-0.15, -0.1) is 0 Å². The third-order valence-corrected chi connectivity index (χ3v) is 3.43. The minimum atomic E-state index is -0.643. The third kappa shape index (κ3) is 2.94. The van der Waals surface area contributed by atoms with E-state index in [0.717, 1.165) is 18.4 Å². The van der Waals surface area contributed by atoms with E-state index in [1.54, 1.807) is 4.90 Å². The molecule has 6 nitrogen and oxygen atoms in total. The van der Waals surface area contributed by atoms with Crippen molar-refractivity contribution in [3.8, 4) is 0 Å². The Bertz CT molecular complexity index is 661. The van der Waals surface area contributed by atoms with Crippen LogP contribution in [-0.4, -0.2) is 21.8 Å². The second-order valence-electron chi connectivity index (χ2n) is 5.04. The molecule has 1 aromatic heterocycles. The second kappa shape index (κ2) is 5.40. The molecule has 1 fully saturated rings. The van der Waals surface area contributed by atoms with Crippen LogP contribution in [0.1, 0.15) is 29.0 Å². The summed E-state index contributed by atoms with van der Waals surface area (Å²) in [4.78, 5) is 24.2. The quantitative estimate of drug-likeness (QED) is 0.625. The van der Waals surface area contributed by atoms with E-state index in [1.807, 2.05) is 30.3 Å². The van der Waals surface area contributed by atoms with Crippen molar-refractivity contribution in [2.75, 3.05) is 0 Å². The number of carbonyl (C=O) groups is 1. The summed E-state index contributed by atoms with van der Waals surface area (Å²) in [6, 6.07) is 12.4. The lowest BCUT2D eigenvalue weighted by atomic mass is 10.2. The molecule has 1 aliphatic rings. The number of benzene rings is 1. The monoisotopic (exact) mass is 286 g/mol. The van der Waals surface area contributed by atoms with E-state index in [9.17, 15) is 14.9 Å². The topological polar surface area (TPSA) is 76.6 Å². The molecule has 108 valence electrons. The van der Waals surface area contributed by atoms with E-state index in [2.05, 4.69) is 0 Å². The molecule has 21 heavy (non-hydrogen) atoms. The highest BCUT2D eigenvalue weighted by Gasteiger charge is 2.34. The molecule has 3 rings (SSSR count). The fourth-order valence-corrected chi connectivity index (χ4v) is 2.22. The van der Waals surface area contributed by atoms with Crippen LogP contribution in [0.15, 0.2) is 46.9 Å². The first kappa shape index (κ1) is 13.4. The molecule has 1 aliphatic carbocycles. The van der Waals surface area contributed by atoms with Gasteiger partial charge in [0, 0.05) is 12.6 Å². The van der Waals surface area contributed by atoms with Crippen molar-refractivity contribution in [1.82, 2.24) is 4.90 Å². The first-order valence-corrected chi connectivity index (χ1v) is 6.74. The number of nitrogens with zero attached hydrogens (tertiary/aromatic N) is 2. The maximum Gasteiger partial charge on any atom is 0.433 e. The zero-order valence-electron chi connectivity index (χ0n) is 11.3.